The second-order valence-corrected chi connectivity index (χ2v) is 4.72. The first-order valence-corrected chi connectivity index (χ1v) is 6.50. The SMILES string of the molecule is COc1cc(OC)cc(C(=O)Nc2ccc(Cl)cc2N)c1. The minimum atomic E-state index is -0.318. The van der Waals surface area contributed by atoms with Crippen molar-refractivity contribution in [2.24, 2.45) is 0 Å². The lowest BCUT2D eigenvalue weighted by molar-refractivity contribution is 0.102. The number of methoxy groups -OCH3 is 2. The third-order valence-electron chi connectivity index (χ3n) is 2.88. The van der Waals surface area contributed by atoms with Crippen molar-refractivity contribution < 1.29 is 14.3 Å². The highest BCUT2D eigenvalue weighted by molar-refractivity contribution is 6.31. The molecule has 0 heterocycles. The number of rotatable bonds is 4. The summed E-state index contributed by atoms with van der Waals surface area (Å²) in [6.07, 6.45) is 0. The minimum absolute atomic E-state index is 0.318. The van der Waals surface area contributed by atoms with Gasteiger partial charge in [0.25, 0.3) is 5.91 Å². The van der Waals surface area contributed by atoms with Gasteiger partial charge in [0.05, 0.1) is 25.6 Å². The van der Waals surface area contributed by atoms with Gasteiger partial charge in [-0.25, -0.2) is 0 Å². The predicted molar refractivity (Wildman–Crippen MR) is 83.4 cm³/mol. The summed E-state index contributed by atoms with van der Waals surface area (Å²) in [6.45, 7) is 0. The van der Waals surface area contributed by atoms with Gasteiger partial charge < -0.3 is 20.5 Å². The number of ether oxygens (including phenoxy) is 2. The fourth-order valence-electron chi connectivity index (χ4n) is 1.78. The Bertz CT molecular complexity index is 652. The van der Waals surface area contributed by atoms with Gasteiger partial charge >= 0.3 is 0 Å². The molecular formula is C15H15ClN2O3. The third kappa shape index (κ3) is 3.58. The summed E-state index contributed by atoms with van der Waals surface area (Å²) in [6, 6.07) is 9.79. The van der Waals surface area contributed by atoms with Crippen molar-refractivity contribution in [3.8, 4) is 11.5 Å². The highest BCUT2D eigenvalue weighted by Gasteiger charge is 2.11. The molecule has 21 heavy (non-hydrogen) atoms. The number of carbonyl (C=O) groups excluding carboxylic acids is 1. The lowest BCUT2D eigenvalue weighted by atomic mass is 10.1. The Balaban J connectivity index is 2.27. The van der Waals surface area contributed by atoms with Gasteiger partial charge in [0.15, 0.2) is 0 Å². The Labute approximate surface area is 127 Å². The van der Waals surface area contributed by atoms with E-state index in [4.69, 9.17) is 26.8 Å². The standard InChI is InChI=1S/C15H15ClN2O3/c1-20-11-5-9(6-12(8-11)21-2)15(19)18-14-4-3-10(16)7-13(14)17/h3-8H,17H2,1-2H3,(H,18,19). The maximum atomic E-state index is 12.3. The second-order valence-electron chi connectivity index (χ2n) is 4.29. The maximum Gasteiger partial charge on any atom is 0.255 e. The summed E-state index contributed by atoms with van der Waals surface area (Å²) in [5.41, 5.74) is 7.10. The van der Waals surface area contributed by atoms with E-state index in [1.165, 1.54) is 14.2 Å². The molecule has 0 aliphatic heterocycles. The number of carbonyl (C=O) groups is 1. The molecule has 0 aliphatic rings. The van der Waals surface area contributed by atoms with Gasteiger partial charge in [-0.3, -0.25) is 4.79 Å². The Hall–Kier alpha value is -2.40. The van der Waals surface area contributed by atoms with Crippen molar-refractivity contribution in [2.75, 3.05) is 25.3 Å². The van der Waals surface area contributed by atoms with Crippen LogP contribution in [0.3, 0.4) is 0 Å². The number of nitrogens with one attached hydrogen (secondary N) is 1. The molecule has 1 amide bonds. The molecule has 110 valence electrons. The fraction of sp³-hybridized carbons (Fsp3) is 0.133. The molecule has 0 unspecified atom stereocenters. The summed E-state index contributed by atoms with van der Waals surface area (Å²) in [5, 5.41) is 3.23. The number of hydrogen-bond donors (Lipinski definition) is 2. The van der Waals surface area contributed by atoms with E-state index in [2.05, 4.69) is 5.32 Å². The van der Waals surface area contributed by atoms with Crippen molar-refractivity contribution in [1.29, 1.82) is 0 Å². The molecule has 0 bridgehead atoms. The minimum Gasteiger partial charge on any atom is -0.497 e. The summed E-state index contributed by atoms with van der Waals surface area (Å²) in [5.74, 6) is 0.744. The van der Waals surface area contributed by atoms with Crippen LogP contribution in [0.4, 0.5) is 11.4 Å². The van der Waals surface area contributed by atoms with Crippen molar-refractivity contribution in [3.63, 3.8) is 0 Å². The molecule has 0 saturated carbocycles. The number of nitrogens with two attached hydrogens (primary N) is 1. The van der Waals surface area contributed by atoms with Gasteiger partial charge in [0.2, 0.25) is 0 Å². The summed E-state index contributed by atoms with van der Waals surface area (Å²) >= 11 is 5.82. The zero-order valence-electron chi connectivity index (χ0n) is 11.6. The van der Waals surface area contributed by atoms with E-state index in [9.17, 15) is 4.79 Å². The molecule has 0 fully saturated rings. The van der Waals surface area contributed by atoms with Crippen LogP contribution in [0.25, 0.3) is 0 Å². The van der Waals surface area contributed by atoms with Crippen molar-refractivity contribution >= 4 is 28.9 Å². The van der Waals surface area contributed by atoms with Gasteiger partial charge in [-0.1, -0.05) is 11.6 Å². The van der Waals surface area contributed by atoms with E-state index < -0.39 is 0 Å². The van der Waals surface area contributed by atoms with Crippen LogP contribution >= 0.6 is 11.6 Å². The van der Waals surface area contributed by atoms with Crippen molar-refractivity contribution in [3.05, 3.63) is 47.0 Å². The molecule has 0 aromatic heterocycles. The normalized spacial score (nSPS) is 10.0. The number of amides is 1. The van der Waals surface area contributed by atoms with Gasteiger partial charge in [-0.05, 0) is 30.3 Å². The topological polar surface area (TPSA) is 73.6 Å². The Kier molecular flexibility index (Phi) is 4.55. The van der Waals surface area contributed by atoms with Crippen LogP contribution in [0, 0.1) is 0 Å². The lowest BCUT2D eigenvalue weighted by Crippen LogP contribution is -2.13. The zero-order valence-corrected chi connectivity index (χ0v) is 12.4. The van der Waals surface area contributed by atoms with E-state index in [1.807, 2.05) is 0 Å². The average Bonchev–Trinajstić information content (AvgIpc) is 2.49. The van der Waals surface area contributed by atoms with Gasteiger partial charge in [0, 0.05) is 16.7 Å². The lowest BCUT2D eigenvalue weighted by Gasteiger charge is -2.11. The highest BCUT2D eigenvalue weighted by atomic mass is 35.5. The number of anilines is 2. The zero-order chi connectivity index (χ0) is 15.4. The molecule has 3 N–H and O–H groups in total. The first kappa shape index (κ1) is 15.0. The van der Waals surface area contributed by atoms with E-state index in [0.29, 0.717) is 33.5 Å². The molecular weight excluding hydrogens is 292 g/mol. The largest absolute Gasteiger partial charge is 0.497 e. The first-order chi connectivity index (χ1) is 10.0. The summed E-state index contributed by atoms with van der Waals surface area (Å²) in [4.78, 5) is 12.3. The predicted octanol–water partition coefficient (Wildman–Crippen LogP) is 3.19. The molecule has 2 rings (SSSR count). The van der Waals surface area contributed by atoms with Gasteiger partial charge in [0.1, 0.15) is 11.5 Å². The van der Waals surface area contributed by atoms with E-state index >= 15 is 0 Å². The molecule has 5 nitrogen and oxygen atoms in total. The monoisotopic (exact) mass is 306 g/mol. The van der Waals surface area contributed by atoms with Crippen molar-refractivity contribution in [1.82, 2.24) is 0 Å². The van der Waals surface area contributed by atoms with E-state index in [-0.39, 0.29) is 5.91 Å². The number of halogens is 1. The third-order valence-corrected chi connectivity index (χ3v) is 3.11. The van der Waals surface area contributed by atoms with Crippen LogP contribution in [0.1, 0.15) is 10.4 Å². The number of hydrogen-bond acceptors (Lipinski definition) is 4. The maximum absolute atomic E-state index is 12.3. The van der Waals surface area contributed by atoms with Crippen molar-refractivity contribution in [2.45, 2.75) is 0 Å². The van der Waals surface area contributed by atoms with Crippen LogP contribution in [0.2, 0.25) is 5.02 Å². The smallest absolute Gasteiger partial charge is 0.255 e. The average molecular weight is 307 g/mol. The molecule has 2 aromatic rings. The van der Waals surface area contributed by atoms with Crippen LogP contribution in [0.15, 0.2) is 36.4 Å². The quantitative estimate of drug-likeness (QED) is 0.851. The summed E-state index contributed by atoms with van der Waals surface area (Å²) < 4.78 is 10.3. The molecule has 6 heteroatoms. The molecule has 0 atom stereocenters. The highest BCUT2D eigenvalue weighted by Crippen LogP contribution is 2.26. The molecule has 0 radical (unpaired) electrons. The number of benzene rings is 2. The fourth-order valence-corrected chi connectivity index (χ4v) is 1.96. The van der Waals surface area contributed by atoms with E-state index in [1.54, 1.807) is 36.4 Å². The molecule has 2 aromatic carbocycles. The van der Waals surface area contributed by atoms with Crippen LogP contribution in [0.5, 0.6) is 11.5 Å². The van der Waals surface area contributed by atoms with Gasteiger partial charge in [-0.15, -0.1) is 0 Å². The Morgan fingerprint density at radius 3 is 2.24 bits per heavy atom. The van der Waals surface area contributed by atoms with E-state index in [0.717, 1.165) is 0 Å². The Morgan fingerprint density at radius 2 is 1.71 bits per heavy atom. The summed E-state index contributed by atoms with van der Waals surface area (Å²) in [7, 11) is 3.04. The van der Waals surface area contributed by atoms with Crippen LogP contribution < -0.4 is 20.5 Å². The number of nitrogen functional groups attached to an aromatic ring is 1. The molecule has 0 aliphatic carbocycles. The van der Waals surface area contributed by atoms with Gasteiger partial charge in [-0.2, -0.15) is 0 Å². The second kappa shape index (κ2) is 6.37. The van der Waals surface area contributed by atoms with Crippen LogP contribution in [-0.4, -0.2) is 20.1 Å². The van der Waals surface area contributed by atoms with Crippen LogP contribution in [-0.2, 0) is 0 Å². The Morgan fingerprint density at radius 1 is 1.10 bits per heavy atom. The molecule has 0 spiro atoms. The first-order valence-electron chi connectivity index (χ1n) is 6.13. The molecule has 0 saturated heterocycles.